The predicted octanol–water partition coefficient (Wildman–Crippen LogP) is 2.64. The number of benzene rings is 1. The molecule has 0 spiro atoms. The molecule has 7 heteroatoms. The maximum atomic E-state index is 10.6. The highest BCUT2D eigenvalue weighted by atomic mass is 16.6. The van der Waals surface area contributed by atoms with Gasteiger partial charge in [-0.05, 0) is 25.0 Å². The lowest BCUT2D eigenvalue weighted by Crippen LogP contribution is -2.00. The number of hydrogen-bond acceptors (Lipinski definition) is 6. The zero-order valence-corrected chi connectivity index (χ0v) is 10.5. The Morgan fingerprint density at radius 3 is 2.55 bits per heavy atom. The number of nitrogens with zero attached hydrogens (tertiary/aromatic N) is 3. The molecule has 1 aromatic heterocycles. The Bertz CT molecular complexity index is 653. The molecule has 1 saturated carbocycles. The molecule has 0 aliphatic heterocycles. The van der Waals surface area contributed by atoms with Crippen molar-refractivity contribution in [3.05, 3.63) is 46.3 Å². The third-order valence-corrected chi connectivity index (χ3v) is 2.95. The third-order valence-electron chi connectivity index (χ3n) is 2.95. The predicted molar refractivity (Wildman–Crippen MR) is 71.6 cm³/mol. The van der Waals surface area contributed by atoms with Gasteiger partial charge in [-0.3, -0.25) is 10.1 Å². The molecule has 1 aromatic carbocycles. The van der Waals surface area contributed by atoms with Gasteiger partial charge in [0.15, 0.2) is 0 Å². The number of ether oxygens (including phenoxy) is 1. The minimum Gasteiger partial charge on any atom is -0.439 e. The van der Waals surface area contributed by atoms with E-state index in [2.05, 4.69) is 9.97 Å². The summed E-state index contributed by atoms with van der Waals surface area (Å²) in [5.74, 6) is 2.25. The van der Waals surface area contributed by atoms with Crippen LogP contribution in [0.2, 0.25) is 0 Å². The second-order valence-corrected chi connectivity index (χ2v) is 4.62. The number of nitrogens with two attached hydrogens (primary N) is 1. The molecule has 3 rings (SSSR count). The number of nitrogen functional groups attached to an aromatic ring is 1. The molecule has 102 valence electrons. The minimum absolute atomic E-state index is 0.0122. The van der Waals surface area contributed by atoms with Gasteiger partial charge in [-0.15, -0.1) is 0 Å². The maximum absolute atomic E-state index is 10.6. The van der Waals surface area contributed by atoms with Gasteiger partial charge in [-0.2, -0.15) is 4.98 Å². The van der Waals surface area contributed by atoms with Crippen LogP contribution in [0, 0.1) is 10.1 Å². The summed E-state index contributed by atoms with van der Waals surface area (Å²) in [6.07, 6.45) is 2.14. The van der Waals surface area contributed by atoms with Gasteiger partial charge in [0, 0.05) is 24.1 Å². The first kappa shape index (κ1) is 12.3. The highest BCUT2D eigenvalue weighted by Crippen LogP contribution is 2.39. The average Bonchev–Trinajstić information content (AvgIpc) is 3.23. The normalized spacial score (nSPS) is 14.0. The number of anilines is 1. The van der Waals surface area contributed by atoms with Crippen molar-refractivity contribution >= 4 is 11.5 Å². The number of hydrogen-bond donors (Lipinski definition) is 1. The summed E-state index contributed by atoms with van der Waals surface area (Å²) in [6, 6.07) is 7.33. The van der Waals surface area contributed by atoms with Gasteiger partial charge in [-0.1, -0.05) is 0 Å². The quantitative estimate of drug-likeness (QED) is 0.677. The molecule has 0 bridgehead atoms. The number of nitro benzene ring substituents is 1. The van der Waals surface area contributed by atoms with Crippen molar-refractivity contribution in [1.82, 2.24) is 9.97 Å². The molecule has 1 aliphatic rings. The molecular formula is C13H12N4O3. The second-order valence-electron chi connectivity index (χ2n) is 4.62. The fourth-order valence-electron chi connectivity index (χ4n) is 1.79. The fourth-order valence-corrected chi connectivity index (χ4v) is 1.79. The van der Waals surface area contributed by atoms with Crippen molar-refractivity contribution in [2.75, 3.05) is 5.73 Å². The van der Waals surface area contributed by atoms with Crippen molar-refractivity contribution in [2.24, 2.45) is 0 Å². The lowest BCUT2D eigenvalue weighted by atomic mass is 10.3. The van der Waals surface area contributed by atoms with E-state index in [1.54, 1.807) is 0 Å². The average molecular weight is 272 g/mol. The molecule has 0 saturated heterocycles. The third kappa shape index (κ3) is 2.66. The van der Waals surface area contributed by atoms with Crippen LogP contribution in [-0.2, 0) is 0 Å². The summed E-state index contributed by atoms with van der Waals surface area (Å²) in [6.45, 7) is 0. The van der Waals surface area contributed by atoms with Crippen molar-refractivity contribution in [2.45, 2.75) is 18.8 Å². The summed E-state index contributed by atoms with van der Waals surface area (Å²) in [4.78, 5) is 18.6. The molecule has 1 fully saturated rings. The van der Waals surface area contributed by atoms with E-state index in [1.807, 2.05) is 0 Å². The first-order chi connectivity index (χ1) is 9.61. The SMILES string of the molecule is Nc1cc(Oc2ccc([N+](=O)[O-])cc2)nc(C2CC2)n1. The van der Waals surface area contributed by atoms with Gasteiger partial charge in [0.05, 0.1) is 4.92 Å². The molecule has 20 heavy (non-hydrogen) atoms. The Morgan fingerprint density at radius 2 is 1.95 bits per heavy atom. The Labute approximate surface area is 114 Å². The smallest absolute Gasteiger partial charge is 0.269 e. The van der Waals surface area contributed by atoms with Gasteiger partial charge in [0.2, 0.25) is 5.88 Å². The monoisotopic (exact) mass is 272 g/mol. The summed E-state index contributed by atoms with van der Waals surface area (Å²) in [5.41, 5.74) is 5.73. The molecule has 2 N–H and O–H groups in total. The molecule has 0 unspecified atom stereocenters. The number of nitro groups is 1. The Kier molecular flexibility index (Phi) is 2.94. The van der Waals surface area contributed by atoms with Crippen molar-refractivity contribution < 1.29 is 9.66 Å². The Hall–Kier alpha value is -2.70. The highest BCUT2D eigenvalue weighted by Gasteiger charge is 2.27. The Balaban J connectivity index is 1.81. The van der Waals surface area contributed by atoms with Gasteiger partial charge < -0.3 is 10.5 Å². The van der Waals surface area contributed by atoms with Crippen LogP contribution in [0.25, 0.3) is 0 Å². The zero-order chi connectivity index (χ0) is 14.1. The molecule has 1 heterocycles. The van der Waals surface area contributed by atoms with E-state index in [9.17, 15) is 10.1 Å². The second kappa shape index (κ2) is 4.76. The van der Waals surface area contributed by atoms with Crippen molar-refractivity contribution in [1.29, 1.82) is 0 Å². The number of rotatable bonds is 4. The van der Waals surface area contributed by atoms with Gasteiger partial charge in [0.25, 0.3) is 5.69 Å². The maximum Gasteiger partial charge on any atom is 0.269 e. The molecule has 1 aliphatic carbocycles. The standard InChI is InChI=1S/C13H12N4O3/c14-11-7-12(16-13(15-11)8-1-2-8)20-10-5-3-9(4-6-10)17(18)19/h3-8H,1-2H2,(H2,14,15,16). The molecule has 0 radical (unpaired) electrons. The fraction of sp³-hybridized carbons (Fsp3) is 0.231. The minimum atomic E-state index is -0.461. The van der Waals surface area contributed by atoms with E-state index in [1.165, 1.54) is 30.3 Å². The van der Waals surface area contributed by atoms with Crippen LogP contribution in [0.3, 0.4) is 0 Å². The molecule has 0 amide bonds. The van der Waals surface area contributed by atoms with Gasteiger partial charge in [-0.25, -0.2) is 4.98 Å². The van der Waals surface area contributed by atoms with E-state index in [0.29, 0.717) is 29.2 Å². The van der Waals surface area contributed by atoms with Crippen LogP contribution in [-0.4, -0.2) is 14.9 Å². The van der Waals surface area contributed by atoms with Gasteiger partial charge >= 0.3 is 0 Å². The molecule has 2 aromatic rings. The van der Waals surface area contributed by atoms with Crippen molar-refractivity contribution in [3.63, 3.8) is 0 Å². The van der Waals surface area contributed by atoms with Crippen LogP contribution in [0.15, 0.2) is 30.3 Å². The van der Waals surface area contributed by atoms with Crippen LogP contribution in [0.1, 0.15) is 24.6 Å². The highest BCUT2D eigenvalue weighted by molar-refractivity contribution is 5.40. The summed E-state index contributed by atoms with van der Waals surface area (Å²) in [5, 5.41) is 10.6. The largest absolute Gasteiger partial charge is 0.439 e. The van der Waals surface area contributed by atoms with E-state index < -0.39 is 4.92 Å². The first-order valence-corrected chi connectivity index (χ1v) is 6.18. The van der Waals surface area contributed by atoms with Crippen LogP contribution in [0.5, 0.6) is 11.6 Å². The van der Waals surface area contributed by atoms with Crippen LogP contribution in [0.4, 0.5) is 11.5 Å². The van der Waals surface area contributed by atoms with Gasteiger partial charge in [0.1, 0.15) is 17.4 Å². The van der Waals surface area contributed by atoms with Crippen LogP contribution < -0.4 is 10.5 Å². The summed E-state index contributed by atoms with van der Waals surface area (Å²) in [7, 11) is 0. The van der Waals surface area contributed by atoms with Crippen LogP contribution >= 0.6 is 0 Å². The molecule has 7 nitrogen and oxygen atoms in total. The van der Waals surface area contributed by atoms with E-state index in [0.717, 1.165) is 12.8 Å². The summed E-state index contributed by atoms with van der Waals surface area (Å²) < 4.78 is 5.56. The lowest BCUT2D eigenvalue weighted by Gasteiger charge is -2.06. The lowest BCUT2D eigenvalue weighted by molar-refractivity contribution is -0.384. The summed E-state index contributed by atoms with van der Waals surface area (Å²) >= 11 is 0. The topological polar surface area (TPSA) is 104 Å². The van der Waals surface area contributed by atoms with E-state index >= 15 is 0 Å². The zero-order valence-electron chi connectivity index (χ0n) is 10.5. The van der Waals surface area contributed by atoms with Crippen molar-refractivity contribution in [3.8, 4) is 11.6 Å². The Morgan fingerprint density at radius 1 is 1.25 bits per heavy atom. The number of aromatic nitrogens is 2. The number of non-ortho nitro benzene ring substituents is 1. The molecular weight excluding hydrogens is 260 g/mol. The first-order valence-electron chi connectivity index (χ1n) is 6.18. The van der Waals surface area contributed by atoms with E-state index in [4.69, 9.17) is 10.5 Å². The molecule has 0 atom stereocenters. The van der Waals surface area contributed by atoms with E-state index in [-0.39, 0.29) is 5.69 Å².